The molecule has 5 rings (SSSR count). The molecule has 0 bridgehead atoms. The molecular formula is C31H35F2N3O4S. The van der Waals surface area contributed by atoms with E-state index in [1.54, 1.807) is 6.20 Å². The molecule has 0 unspecified atom stereocenters. The molecule has 1 aromatic heterocycles. The Morgan fingerprint density at radius 3 is 2.59 bits per heavy atom. The molecule has 218 valence electrons. The Morgan fingerprint density at radius 1 is 1.07 bits per heavy atom. The zero-order chi connectivity index (χ0) is 29.1. The van der Waals surface area contributed by atoms with Crippen molar-refractivity contribution in [2.75, 3.05) is 12.3 Å². The third-order valence-corrected chi connectivity index (χ3v) is 9.24. The molecule has 1 aliphatic heterocycles. The third kappa shape index (κ3) is 7.14. The lowest BCUT2D eigenvalue weighted by molar-refractivity contribution is -0.122. The van der Waals surface area contributed by atoms with Crippen molar-refractivity contribution in [1.29, 1.82) is 0 Å². The highest BCUT2D eigenvalue weighted by atomic mass is 32.3. The number of hydrogen-bond acceptors (Lipinski definition) is 5. The second-order valence-corrected chi connectivity index (χ2v) is 12.9. The summed E-state index contributed by atoms with van der Waals surface area (Å²) in [5, 5.41) is 18.3. The number of benzene rings is 3. The van der Waals surface area contributed by atoms with Crippen LogP contribution >= 0.6 is 10.6 Å². The van der Waals surface area contributed by atoms with Gasteiger partial charge in [0.25, 0.3) is 0 Å². The lowest BCUT2D eigenvalue weighted by Gasteiger charge is -2.42. The SMILES string of the molecule is CCc1ccc2c(c1)[C@@H](NC[C@H](O)[C@H](Cc1cc(F)cc(F)c1)NC(=O)Cc1c[nH]c3ccccc13)CS(O)(O)C2. The highest BCUT2D eigenvalue weighted by Gasteiger charge is 2.31. The molecule has 7 nitrogen and oxygen atoms in total. The van der Waals surface area contributed by atoms with Gasteiger partial charge in [-0.3, -0.25) is 13.9 Å². The number of hydrogen-bond donors (Lipinski definition) is 6. The van der Waals surface area contributed by atoms with Gasteiger partial charge in [0.15, 0.2) is 0 Å². The van der Waals surface area contributed by atoms with Gasteiger partial charge in [-0.1, -0.05) is 43.3 Å². The minimum atomic E-state index is -2.86. The van der Waals surface area contributed by atoms with E-state index >= 15 is 0 Å². The van der Waals surface area contributed by atoms with Crippen LogP contribution in [0.15, 0.2) is 66.9 Å². The maximum atomic E-state index is 14.0. The molecule has 3 atom stereocenters. The number of para-hydroxylation sites is 1. The number of aryl methyl sites for hydroxylation is 1. The van der Waals surface area contributed by atoms with Crippen molar-refractivity contribution in [2.24, 2.45) is 0 Å². The summed E-state index contributed by atoms with van der Waals surface area (Å²) in [6, 6.07) is 15.4. The monoisotopic (exact) mass is 583 g/mol. The number of amides is 1. The molecular weight excluding hydrogens is 548 g/mol. The summed E-state index contributed by atoms with van der Waals surface area (Å²) in [5.41, 5.74) is 4.90. The number of aliphatic hydroxyl groups is 1. The number of halogens is 2. The predicted molar refractivity (Wildman–Crippen MR) is 158 cm³/mol. The van der Waals surface area contributed by atoms with Crippen molar-refractivity contribution in [3.63, 3.8) is 0 Å². The minimum absolute atomic E-state index is 0.00576. The number of rotatable bonds is 10. The van der Waals surface area contributed by atoms with Crippen LogP contribution in [0.25, 0.3) is 10.9 Å². The summed E-state index contributed by atoms with van der Waals surface area (Å²) in [6.07, 6.45) is 1.49. The van der Waals surface area contributed by atoms with Crippen molar-refractivity contribution >= 4 is 27.4 Å². The number of fused-ring (bicyclic) bond motifs is 2. The number of aliphatic hydroxyl groups excluding tert-OH is 1. The molecule has 0 aliphatic carbocycles. The fourth-order valence-corrected chi connectivity index (χ4v) is 7.24. The van der Waals surface area contributed by atoms with E-state index in [0.717, 1.165) is 45.6 Å². The molecule has 41 heavy (non-hydrogen) atoms. The fraction of sp³-hybridized carbons (Fsp3) is 0.323. The summed E-state index contributed by atoms with van der Waals surface area (Å²) in [4.78, 5) is 16.3. The van der Waals surface area contributed by atoms with Crippen LogP contribution in [0.1, 0.15) is 40.8 Å². The lowest BCUT2D eigenvalue weighted by Crippen LogP contribution is -2.50. The zero-order valence-corrected chi connectivity index (χ0v) is 23.6. The third-order valence-electron chi connectivity index (χ3n) is 7.60. The molecule has 3 aromatic carbocycles. The summed E-state index contributed by atoms with van der Waals surface area (Å²) < 4.78 is 49.0. The number of H-pyrrole nitrogens is 1. The van der Waals surface area contributed by atoms with E-state index in [4.69, 9.17) is 0 Å². The highest BCUT2D eigenvalue weighted by Crippen LogP contribution is 2.50. The van der Waals surface area contributed by atoms with Crippen molar-refractivity contribution in [3.8, 4) is 0 Å². The molecule has 1 aliphatic rings. The molecule has 0 saturated heterocycles. The number of nitrogens with one attached hydrogen (secondary N) is 3. The van der Waals surface area contributed by atoms with Crippen molar-refractivity contribution in [2.45, 2.75) is 50.1 Å². The van der Waals surface area contributed by atoms with Crippen LogP contribution in [0.2, 0.25) is 0 Å². The Hall–Kier alpha value is -3.28. The largest absolute Gasteiger partial charge is 0.390 e. The van der Waals surface area contributed by atoms with Gasteiger partial charge in [0, 0.05) is 29.7 Å². The molecule has 0 radical (unpaired) electrons. The molecule has 6 N–H and O–H groups in total. The summed E-state index contributed by atoms with van der Waals surface area (Å²) in [7, 11) is -2.86. The summed E-state index contributed by atoms with van der Waals surface area (Å²) in [6.45, 7) is 2.05. The van der Waals surface area contributed by atoms with Gasteiger partial charge in [-0.25, -0.2) is 8.78 Å². The molecule has 2 heterocycles. The van der Waals surface area contributed by atoms with E-state index in [1.165, 1.54) is 12.1 Å². The van der Waals surface area contributed by atoms with Gasteiger partial charge in [-0.15, -0.1) is 0 Å². The summed E-state index contributed by atoms with van der Waals surface area (Å²) >= 11 is 0. The van der Waals surface area contributed by atoms with Gasteiger partial charge in [-0.2, -0.15) is 10.6 Å². The zero-order valence-electron chi connectivity index (χ0n) is 22.7. The van der Waals surface area contributed by atoms with E-state index in [9.17, 15) is 27.8 Å². The maximum Gasteiger partial charge on any atom is 0.224 e. The van der Waals surface area contributed by atoms with Gasteiger partial charge in [-0.05, 0) is 58.9 Å². The van der Waals surface area contributed by atoms with Gasteiger partial charge in [0.1, 0.15) is 11.6 Å². The van der Waals surface area contributed by atoms with Crippen LogP contribution in [-0.2, 0) is 29.8 Å². The molecule has 4 aromatic rings. The average Bonchev–Trinajstić information content (AvgIpc) is 3.32. The first-order chi connectivity index (χ1) is 19.6. The number of carbonyl (C=O) groups is 1. The smallest absolute Gasteiger partial charge is 0.224 e. The van der Waals surface area contributed by atoms with Crippen LogP contribution < -0.4 is 10.6 Å². The Labute approximate surface area is 239 Å². The van der Waals surface area contributed by atoms with Crippen LogP contribution in [0.5, 0.6) is 0 Å². The second-order valence-electron chi connectivity index (χ2n) is 10.7. The van der Waals surface area contributed by atoms with Crippen LogP contribution in [0.4, 0.5) is 8.78 Å². The van der Waals surface area contributed by atoms with E-state index in [2.05, 4.69) is 15.6 Å². The van der Waals surface area contributed by atoms with Gasteiger partial charge >= 0.3 is 0 Å². The van der Waals surface area contributed by atoms with E-state index in [1.807, 2.05) is 49.4 Å². The van der Waals surface area contributed by atoms with Gasteiger partial charge < -0.3 is 20.7 Å². The predicted octanol–water partition coefficient (Wildman–Crippen LogP) is 5.23. The van der Waals surface area contributed by atoms with Crippen molar-refractivity contribution < 1.29 is 27.8 Å². The minimum Gasteiger partial charge on any atom is -0.390 e. The van der Waals surface area contributed by atoms with Crippen LogP contribution in [0, 0.1) is 11.6 Å². The fourth-order valence-electron chi connectivity index (χ4n) is 5.53. The van der Waals surface area contributed by atoms with E-state index in [0.29, 0.717) is 5.56 Å². The Bertz CT molecular complexity index is 1520. The molecule has 10 heteroatoms. The molecule has 1 amide bonds. The Balaban J connectivity index is 1.34. The number of aromatic amines is 1. The van der Waals surface area contributed by atoms with Crippen molar-refractivity contribution in [1.82, 2.24) is 15.6 Å². The molecule has 0 saturated carbocycles. The molecule has 0 spiro atoms. The molecule has 0 fully saturated rings. The maximum absolute atomic E-state index is 14.0. The standard InChI is InChI=1S/C31H35F2N3O4S/c1-2-19-7-8-21-17-41(39,40)18-29(26(21)11-19)35-16-30(37)28(12-20-9-23(32)14-24(33)10-20)36-31(38)13-22-15-34-27-6-4-3-5-25(22)27/h3-11,14-15,28-30,34-35,37,39-40H,2,12-13,16-18H2,1H3,(H,36,38)/t28-,29-,30-/m0/s1. The Kier molecular flexibility index (Phi) is 8.77. The van der Waals surface area contributed by atoms with Gasteiger partial charge in [0.2, 0.25) is 5.91 Å². The first kappa shape index (κ1) is 29.2. The van der Waals surface area contributed by atoms with Gasteiger partial charge in [0.05, 0.1) is 36.1 Å². The van der Waals surface area contributed by atoms with E-state index < -0.39 is 40.4 Å². The first-order valence-corrected chi connectivity index (χ1v) is 15.5. The average molecular weight is 584 g/mol. The first-order valence-electron chi connectivity index (χ1n) is 13.7. The topological polar surface area (TPSA) is 118 Å². The van der Waals surface area contributed by atoms with Crippen LogP contribution in [-0.4, -0.2) is 49.5 Å². The number of carbonyl (C=O) groups excluding carboxylic acids is 1. The second kappa shape index (κ2) is 12.3. The van der Waals surface area contributed by atoms with Crippen molar-refractivity contribution in [3.05, 3.63) is 106 Å². The quantitative estimate of drug-likeness (QED) is 0.153. The van der Waals surface area contributed by atoms with E-state index in [-0.39, 0.29) is 36.8 Å². The normalized spacial score (nSPS) is 18.4. The lowest BCUT2D eigenvalue weighted by atomic mass is 9.97. The summed E-state index contributed by atoms with van der Waals surface area (Å²) in [5.74, 6) is -1.54. The number of aromatic nitrogens is 1. The Morgan fingerprint density at radius 2 is 1.83 bits per heavy atom. The van der Waals surface area contributed by atoms with Crippen LogP contribution in [0.3, 0.4) is 0 Å². The highest BCUT2D eigenvalue weighted by molar-refractivity contribution is 8.23.